The molecule has 0 saturated carbocycles. The van der Waals surface area contributed by atoms with Crippen LogP contribution in [0.5, 0.6) is 0 Å². The lowest BCUT2D eigenvalue weighted by atomic mass is 10.1. The van der Waals surface area contributed by atoms with Crippen molar-refractivity contribution in [3.8, 4) is 22.9 Å². The van der Waals surface area contributed by atoms with Crippen molar-refractivity contribution in [1.82, 2.24) is 20.4 Å². The molecule has 0 bridgehead atoms. The van der Waals surface area contributed by atoms with E-state index in [1.165, 1.54) is 0 Å². The number of aliphatic hydroxyl groups is 2. The normalized spacial score (nSPS) is 13.8. The second kappa shape index (κ2) is 22.8. The van der Waals surface area contributed by atoms with E-state index in [0.717, 1.165) is 27.9 Å². The summed E-state index contributed by atoms with van der Waals surface area (Å²) in [6.45, 7) is 44.7. The summed E-state index contributed by atoms with van der Waals surface area (Å²) in [6, 6.07) is 21.0. The lowest BCUT2D eigenvalue weighted by Gasteiger charge is -2.40. The van der Waals surface area contributed by atoms with Crippen molar-refractivity contribution in [3.63, 3.8) is 0 Å². The summed E-state index contributed by atoms with van der Waals surface area (Å²) in [5.41, 5.74) is 7.14. The van der Waals surface area contributed by atoms with E-state index < -0.39 is 34.8 Å². The first-order valence-electron chi connectivity index (χ1n) is 23.0. The minimum Gasteiger partial charge on any atom is -0.418 e. The van der Waals surface area contributed by atoms with Gasteiger partial charge in [0.25, 0.3) is 0 Å². The van der Waals surface area contributed by atoms with Crippen LogP contribution in [0.3, 0.4) is 0 Å². The Morgan fingerprint density at radius 2 is 1.06 bits per heavy atom. The van der Waals surface area contributed by atoms with Gasteiger partial charge in [-0.2, -0.15) is 0 Å². The molecule has 2 heterocycles. The number of rotatable bonds is 16. The van der Waals surface area contributed by atoms with E-state index in [0.29, 0.717) is 62.5 Å². The van der Waals surface area contributed by atoms with Crippen molar-refractivity contribution in [2.45, 2.75) is 143 Å². The van der Waals surface area contributed by atoms with Crippen LogP contribution in [0.15, 0.2) is 81.6 Å². The van der Waals surface area contributed by atoms with Gasteiger partial charge < -0.3 is 38.5 Å². The van der Waals surface area contributed by atoms with Gasteiger partial charge in [-0.1, -0.05) is 101 Å². The topological polar surface area (TPSA) is 170 Å². The molecule has 2 aromatic heterocycles. The Balaban J connectivity index is 0.000000282. The molecule has 0 amide bonds. The number of nitrogens with one attached hydrogen (secondary N) is 2. The number of halogens is 2. The molecule has 4 atom stereocenters. The quantitative estimate of drug-likeness (QED) is 0.0535. The molecule has 14 nitrogen and oxygen atoms in total. The van der Waals surface area contributed by atoms with E-state index in [9.17, 15) is 5.11 Å². The number of benzene rings is 4. The molecule has 0 saturated heterocycles. The average Bonchev–Trinajstić information content (AvgIpc) is 4.00. The van der Waals surface area contributed by atoms with Crippen LogP contribution >= 0.6 is 23.2 Å². The second-order valence-electron chi connectivity index (χ2n) is 20.4. The fraction of sp³-hybridized carbons (Fsp3) is 0.423. The second-order valence-corrected chi connectivity index (χ2v) is 30.7. The van der Waals surface area contributed by atoms with Crippen molar-refractivity contribution in [2.75, 3.05) is 10.6 Å². The van der Waals surface area contributed by atoms with Gasteiger partial charge in [-0.15, -0.1) is 20.4 Å². The van der Waals surface area contributed by atoms with Gasteiger partial charge in [0.15, 0.2) is 16.6 Å². The molecule has 0 aliphatic rings. The van der Waals surface area contributed by atoms with Crippen LogP contribution in [-0.4, -0.2) is 59.5 Å². The third-order valence-corrected chi connectivity index (χ3v) is 23.2. The molecule has 18 heteroatoms. The van der Waals surface area contributed by atoms with Crippen molar-refractivity contribution >= 4 is 62.6 Å². The van der Waals surface area contributed by atoms with Crippen molar-refractivity contribution in [3.05, 3.63) is 140 Å². The van der Waals surface area contributed by atoms with Crippen LogP contribution in [0.4, 0.5) is 22.7 Å². The van der Waals surface area contributed by atoms with E-state index in [4.69, 9.17) is 59.1 Å². The summed E-state index contributed by atoms with van der Waals surface area (Å²) in [6.07, 6.45) is -1.11. The number of aliphatic hydroxyl groups excluding tert-OH is 2. The minimum absolute atomic E-state index is 0.0262. The molecule has 0 spiro atoms. The predicted molar refractivity (Wildman–Crippen MR) is 284 cm³/mol. The zero-order valence-electron chi connectivity index (χ0n) is 42.6. The van der Waals surface area contributed by atoms with Crippen LogP contribution in [-0.2, 0) is 22.1 Å². The highest BCUT2D eigenvalue weighted by Crippen LogP contribution is 2.42. The molecular weight excluding hydrogens is 960 g/mol. The molecule has 4 aromatic carbocycles. The molecule has 0 radical (unpaired) electrons. The van der Waals surface area contributed by atoms with E-state index in [1.54, 1.807) is 56.3 Å². The van der Waals surface area contributed by atoms with Crippen molar-refractivity contribution in [2.24, 2.45) is 0 Å². The molecular formula is C52H66Cl2N8O6Si2. The monoisotopic (exact) mass is 1020 g/mol. The first-order valence-corrected chi connectivity index (χ1v) is 29.6. The Morgan fingerprint density at radius 1 is 0.643 bits per heavy atom. The van der Waals surface area contributed by atoms with Crippen molar-refractivity contribution in [1.29, 1.82) is 0 Å². The highest BCUT2D eigenvalue weighted by Gasteiger charge is 2.41. The first-order chi connectivity index (χ1) is 32.7. The van der Waals surface area contributed by atoms with Gasteiger partial charge in [0.05, 0.1) is 48.6 Å². The lowest BCUT2D eigenvalue weighted by molar-refractivity contribution is 0.159. The first kappa shape index (κ1) is 55.5. The standard InChI is InChI=1S/C32H47ClN4O3Si2.C20H19ClN4O3/c1-21-25(18-19-26(34-9)27(21)33)35-28(22(2)40-42(12,13)32(6,7)8)30-37-36-29(39-30)24-16-14-23(15-17-24)20-38-41(10,11)31(3,4)5;1-11-15(8-9-16(22-3)17(11)21)23-18(12(2)27)20-25-24-19(28-20)14-6-4-13(10-26)5-7-14/h14-19,22,28,35H,20H2,1-8,10-13H3;4-9,12,18,23,26-27H,10H2,1-2H3/t22-,28+;12?,18-/m01/s1. The number of anilines is 2. The Hall–Kier alpha value is -5.41. The molecule has 6 rings (SSSR count). The summed E-state index contributed by atoms with van der Waals surface area (Å²) in [4.78, 5) is 6.90. The Bertz CT molecular complexity index is 2810. The summed E-state index contributed by atoms with van der Waals surface area (Å²) >= 11 is 12.7. The third kappa shape index (κ3) is 13.3. The van der Waals surface area contributed by atoms with Gasteiger partial charge in [-0.05, 0) is 123 Å². The van der Waals surface area contributed by atoms with Crippen LogP contribution in [0.25, 0.3) is 32.6 Å². The molecule has 0 fully saturated rings. The van der Waals surface area contributed by atoms with Gasteiger partial charge in [0.2, 0.25) is 34.9 Å². The van der Waals surface area contributed by atoms with E-state index in [-0.39, 0.29) is 28.7 Å². The van der Waals surface area contributed by atoms with Gasteiger partial charge in [0, 0.05) is 22.5 Å². The number of hydrogen-bond donors (Lipinski definition) is 4. The fourth-order valence-electron chi connectivity index (χ4n) is 6.57. The van der Waals surface area contributed by atoms with Crippen LogP contribution in [0, 0.1) is 27.0 Å². The summed E-state index contributed by atoms with van der Waals surface area (Å²) in [7, 11) is -3.96. The van der Waals surface area contributed by atoms with E-state index in [1.807, 2.05) is 32.0 Å². The molecule has 70 heavy (non-hydrogen) atoms. The number of nitrogens with zero attached hydrogens (tertiary/aromatic N) is 6. The minimum atomic E-state index is -2.12. The summed E-state index contributed by atoms with van der Waals surface area (Å²) < 4.78 is 25.2. The molecule has 1 unspecified atom stereocenters. The predicted octanol–water partition coefficient (Wildman–Crippen LogP) is 14.6. The molecule has 6 aromatic rings. The van der Waals surface area contributed by atoms with Gasteiger partial charge >= 0.3 is 0 Å². The van der Waals surface area contributed by atoms with E-state index in [2.05, 4.69) is 121 Å². The maximum absolute atomic E-state index is 10.2. The van der Waals surface area contributed by atoms with Gasteiger partial charge in [0.1, 0.15) is 12.1 Å². The van der Waals surface area contributed by atoms with E-state index >= 15 is 0 Å². The summed E-state index contributed by atoms with van der Waals surface area (Å²) in [5, 5.41) is 44.1. The zero-order chi connectivity index (χ0) is 51.9. The SMILES string of the molecule is [C-]#[N+]c1ccc(N[C@@H](c2nnc(-c3ccc(CO)cc3)o2)C(C)O)c(C)c1Cl.[C-]#[N+]c1ccc(N[C@@H](c2nnc(-c3ccc(CO[Si](C)(C)C(C)(C)C)cc3)o2)[C@H](C)O[Si](C)(C)C(C)(C)C)c(C)c1Cl. The largest absolute Gasteiger partial charge is 0.418 e. The van der Waals surface area contributed by atoms with Gasteiger partial charge in [-0.25, -0.2) is 9.69 Å². The maximum atomic E-state index is 10.2. The van der Waals surface area contributed by atoms with Gasteiger partial charge in [-0.3, -0.25) is 0 Å². The van der Waals surface area contributed by atoms with Crippen LogP contribution in [0.1, 0.15) is 102 Å². The Labute approximate surface area is 425 Å². The highest BCUT2D eigenvalue weighted by molar-refractivity contribution is 6.74. The van der Waals surface area contributed by atoms with Crippen molar-refractivity contribution < 1.29 is 27.9 Å². The zero-order valence-corrected chi connectivity index (χ0v) is 46.1. The van der Waals surface area contributed by atoms with Crippen LogP contribution in [0.2, 0.25) is 46.3 Å². The Kier molecular flexibility index (Phi) is 18.1. The number of aromatic nitrogens is 4. The summed E-state index contributed by atoms with van der Waals surface area (Å²) in [5.74, 6) is 1.39. The van der Waals surface area contributed by atoms with Crippen LogP contribution < -0.4 is 10.6 Å². The third-order valence-electron chi connectivity index (χ3n) is 13.2. The maximum Gasteiger partial charge on any atom is 0.247 e. The highest BCUT2D eigenvalue weighted by atomic mass is 35.5. The molecule has 4 N–H and O–H groups in total. The molecule has 372 valence electrons. The number of hydrogen-bond acceptors (Lipinski definition) is 12. The molecule has 0 aliphatic heterocycles. The smallest absolute Gasteiger partial charge is 0.247 e. The fourth-order valence-corrected chi connectivity index (χ4v) is 9.36. The molecule has 0 aliphatic carbocycles. The lowest BCUT2D eigenvalue weighted by Crippen LogP contribution is -2.45. The average molecular weight is 1030 g/mol. The Morgan fingerprint density at radius 3 is 1.46 bits per heavy atom.